The van der Waals surface area contributed by atoms with Gasteiger partial charge in [0.15, 0.2) is 11.1 Å². The van der Waals surface area contributed by atoms with E-state index in [0.717, 1.165) is 24.3 Å². The first kappa shape index (κ1) is 14.9. The van der Waals surface area contributed by atoms with E-state index in [9.17, 15) is 4.21 Å². The van der Waals surface area contributed by atoms with Gasteiger partial charge in [-0.2, -0.15) is 0 Å². The van der Waals surface area contributed by atoms with Crippen LogP contribution in [0.1, 0.15) is 18.9 Å². The summed E-state index contributed by atoms with van der Waals surface area (Å²) in [5, 5.41) is 0. The van der Waals surface area contributed by atoms with Gasteiger partial charge in [0, 0.05) is 6.54 Å². The molecule has 1 saturated heterocycles. The number of nitrogens with zero attached hydrogens (tertiary/aromatic N) is 2. The van der Waals surface area contributed by atoms with Crippen LogP contribution in [0.3, 0.4) is 0 Å². The third kappa shape index (κ3) is 3.98. The lowest BCUT2D eigenvalue weighted by Gasteiger charge is -2.36. The van der Waals surface area contributed by atoms with Crippen molar-refractivity contribution in [2.45, 2.75) is 25.1 Å². The molecule has 2 atom stereocenters. The molecule has 0 saturated carbocycles. The molecule has 19 heavy (non-hydrogen) atoms. The van der Waals surface area contributed by atoms with Gasteiger partial charge in [-0.3, -0.25) is 0 Å². The predicted molar refractivity (Wildman–Crippen MR) is 78.7 cm³/mol. The fraction of sp³-hybridized carbons (Fsp3) is 0.583. The van der Waals surface area contributed by atoms with Crippen molar-refractivity contribution in [1.29, 1.82) is 0 Å². The Labute approximate surface area is 123 Å². The van der Waals surface area contributed by atoms with E-state index >= 15 is 0 Å². The van der Waals surface area contributed by atoms with Crippen molar-refractivity contribution < 1.29 is 13.5 Å². The van der Waals surface area contributed by atoms with Crippen LogP contribution in [0.4, 0.5) is 5.82 Å². The fourth-order valence-corrected chi connectivity index (χ4v) is 3.13. The number of ether oxygens (including phenoxy) is 1. The zero-order valence-corrected chi connectivity index (χ0v) is 13.1. The normalized spacial score (nSPS) is 21.4. The highest BCUT2D eigenvalue weighted by atomic mass is 79.9. The molecule has 2 unspecified atom stereocenters. The Morgan fingerprint density at radius 2 is 2.42 bits per heavy atom. The highest BCUT2D eigenvalue weighted by molar-refractivity contribution is 9.10. The van der Waals surface area contributed by atoms with Crippen LogP contribution in [0, 0.1) is 0 Å². The van der Waals surface area contributed by atoms with Crippen molar-refractivity contribution in [3.8, 4) is 0 Å². The molecule has 2 rings (SSSR count). The molecule has 1 N–H and O–H groups in total. The maximum Gasteiger partial charge on any atom is 0.157 e. The van der Waals surface area contributed by atoms with Crippen LogP contribution in [0.2, 0.25) is 0 Å². The summed E-state index contributed by atoms with van der Waals surface area (Å²) in [5.74, 6) is 0.958. The maximum absolute atomic E-state index is 10.9. The van der Waals surface area contributed by atoms with E-state index in [4.69, 9.17) is 9.29 Å². The van der Waals surface area contributed by atoms with Crippen LogP contribution in [0.25, 0.3) is 0 Å². The topological polar surface area (TPSA) is 62.7 Å². The van der Waals surface area contributed by atoms with E-state index < -0.39 is 11.1 Å². The molecule has 1 aliphatic heterocycles. The van der Waals surface area contributed by atoms with Gasteiger partial charge in [-0.25, -0.2) is 9.19 Å². The number of aromatic nitrogens is 1. The summed E-state index contributed by atoms with van der Waals surface area (Å²) in [7, 11) is 0. The van der Waals surface area contributed by atoms with Crippen molar-refractivity contribution in [2.24, 2.45) is 0 Å². The summed E-state index contributed by atoms with van der Waals surface area (Å²) in [6.45, 7) is 4.30. The second-order valence-corrected chi connectivity index (χ2v) is 6.20. The molecule has 0 bridgehead atoms. The summed E-state index contributed by atoms with van der Waals surface area (Å²) < 4.78 is 26.1. The number of hydrogen-bond acceptors (Lipinski definition) is 4. The number of pyridine rings is 1. The number of morpholine rings is 1. The van der Waals surface area contributed by atoms with Gasteiger partial charge in [-0.1, -0.05) is 6.92 Å². The van der Waals surface area contributed by atoms with Crippen molar-refractivity contribution in [1.82, 2.24) is 4.98 Å². The van der Waals surface area contributed by atoms with E-state index in [-0.39, 0.29) is 5.75 Å². The van der Waals surface area contributed by atoms with Gasteiger partial charge in [0.25, 0.3) is 0 Å². The van der Waals surface area contributed by atoms with E-state index in [1.54, 1.807) is 6.07 Å². The zero-order chi connectivity index (χ0) is 13.8. The Balaban J connectivity index is 2.27. The lowest BCUT2D eigenvalue weighted by molar-refractivity contribution is 0.0925. The molecular weight excluding hydrogens is 332 g/mol. The Kier molecular flexibility index (Phi) is 5.32. The molecule has 1 aromatic heterocycles. The minimum Gasteiger partial charge on any atom is -0.377 e. The van der Waals surface area contributed by atoms with Gasteiger partial charge in [-0.15, -0.1) is 0 Å². The molecule has 1 aliphatic rings. The number of rotatable bonds is 4. The SMILES string of the molecule is CCC1COCCN1c1cc(CS(=O)O)cc(Br)n1. The minimum absolute atomic E-state index is 0.120. The molecule has 1 fully saturated rings. The second-order valence-electron chi connectivity index (χ2n) is 4.45. The van der Waals surface area contributed by atoms with Crippen LogP contribution in [0.15, 0.2) is 16.7 Å². The monoisotopic (exact) mass is 348 g/mol. The van der Waals surface area contributed by atoms with Crippen molar-refractivity contribution in [2.75, 3.05) is 24.7 Å². The van der Waals surface area contributed by atoms with Gasteiger partial charge in [0.05, 0.1) is 25.0 Å². The lowest BCUT2D eigenvalue weighted by Crippen LogP contribution is -2.45. The number of anilines is 1. The Morgan fingerprint density at radius 1 is 1.63 bits per heavy atom. The summed E-state index contributed by atoms with van der Waals surface area (Å²) in [5.41, 5.74) is 0.805. The van der Waals surface area contributed by atoms with Gasteiger partial charge in [0.1, 0.15) is 10.4 Å². The average molecular weight is 349 g/mol. The molecule has 0 amide bonds. The summed E-state index contributed by atoms with van der Waals surface area (Å²) >= 11 is 1.52. The smallest absolute Gasteiger partial charge is 0.157 e. The van der Waals surface area contributed by atoms with Crippen molar-refractivity contribution in [3.63, 3.8) is 0 Å². The Hall–Kier alpha value is -0.500. The van der Waals surface area contributed by atoms with E-state index in [2.05, 4.69) is 32.7 Å². The molecule has 106 valence electrons. The first-order valence-electron chi connectivity index (χ1n) is 6.18. The minimum atomic E-state index is -1.84. The zero-order valence-electron chi connectivity index (χ0n) is 10.7. The predicted octanol–water partition coefficient (Wildman–Crippen LogP) is 2.18. The quantitative estimate of drug-likeness (QED) is 0.667. The van der Waals surface area contributed by atoms with E-state index in [1.807, 2.05) is 6.07 Å². The first-order chi connectivity index (χ1) is 9.10. The molecule has 7 heteroatoms. The standard InChI is InChI=1S/C12H17BrN2O3S/c1-2-10-7-18-4-3-15(10)12-6-9(8-19(16)17)5-11(13)14-12/h5-6,10H,2-4,7-8H2,1H3,(H,16,17). The lowest BCUT2D eigenvalue weighted by atomic mass is 10.1. The van der Waals surface area contributed by atoms with Crippen LogP contribution >= 0.6 is 15.9 Å². The molecule has 0 aromatic carbocycles. The Bertz CT molecular complexity index is 472. The molecule has 0 radical (unpaired) electrons. The highest BCUT2D eigenvalue weighted by Gasteiger charge is 2.23. The molecular formula is C12H17BrN2O3S. The van der Waals surface area contributed by atoms with Gasteiger partial charge in [0.2, 0.25) is 0 Å². The largest absolute Gasteiger partial charge is 0.377 e. The van der Waals surface area contributed by atoms with Crippen LogP contribution < -0.4 is 4.90 Å². The Morgan fingerprint density at radius 3 is 3.11 bits per heavy atom. The molecule has 5 nitrogen and oxygen atoms in total. The summed E-state index contributed by atoms with van der Waals surface area (Å²) in [6, 6.07) is 3.97. The molecule has 2 heterocycles. The van der Waals surface area contributed by atoms with Crippen molar-refractivity contribution >= 4 is 32.8 Å². The van der Waals surface area contributed by atoms with Crippen molar-refractivity contribution in [3.05, 3.63) is 22.3 Å². The van der Waals surface area contributed by atoms with Crippen LogP contribution in [-0.4, -0.2) is 39.5 Å². The summed E-state index contributed by atoms with van der Waals surface area (Å²) in [6.07, 6.45) is 0.982. The molecule has 1 aromatic rings. The molecule has 0 spiro atoms. The number of hydrogen-bond donors (Lipinski definition) is 1. The highest BCUT2D eigenvalue weighted by Crippen LogP contribution is 2.23. The summed E-state index contributed by atoms with van der Waals surface area (Å²) in [4.78, 5) is 6.68. The maximum atomic E-state index is 10.9. The van der Waals surface area contributed by atoms with Crippen LogP contribution in [-0.2, 0) is 21.6 Å². The van der Waals surface area contributed by atoms with Gasteiger partial charge < -0.3 is 14.2 Å². The number of halogens is 1. The van der Waals surface area contributed by atoms with Gasteiger partial charge in [-0.05, 0) is 40.0 Å². The second kappa shape index (κ2) is 6.78. The fourth-order valence-electron chi connectivity index (χ4n) is 2.20. The van der Waals surface area contributed by atoms with E-state index in [0.29, 0.717) is 23.9 Å². The first-order valence-corrected chi connectivity index (χ1v) is 8.25. The average Bonchev–Trinajstić information content (AvgIpc) is 2.37. The third-order valence-electron chi connectivity index (χ3n) is 3.12. The van der Waals surface area contributed by atoms with Gasteiger partial charge >= 0.3 is 0 Å². The molecule has 0 aliphatic carbocycles. The van der Waals surface area contributed by atoms with Crippen LogP contribution in [0.5, 0.6) is 0 Å². The third-order valence-corrected chi connectivity index (χ3v) is 4.11. The van der Waals surface area contributed by atoms with E-state index in [1.165, 1.54) is 0 Å².